The molecule has 0 spiro atoms. The Morgan fingerprint density at radius 2 is 2.25 bits per heavy atom. The quantitative estimate of drug-likeness (QED) is 0.850. The summed E-state index contributed by atoms with van der Waals surface area (Å²) in [5.74, 6) is -0.376. The lowest BCUT2D eigenvalue weighted by Crippen LogP contribution is -2.50. The number of hydrogen-bond donors (Lipinski definition) is 2. The van der Waals surface area contributed by atoms with Crippen molar-refractivity contribution < 1.29 is 27.8 Å². The van der Waals surface area contributed by atoms with Crippen molar-refractivity contribution in [3.8, 4) is 0 Å². The van der Waals surface area contributed by atoms with Gasteiger partial charge in [-0.25, -0.2) is 0 Å². The molecule has 2 rings (SSSR count). The zero-order valence-corrected chi connectivity index (χ0v) is 13.3. The number of nitrogens with zero attached hydrogens (tertiary/aromatic N) is 1. The summed E-state index contributed by atoms with van der Waals surface area (Å²) in [7, 11) is 0. The maximum atomic E-state index is 12.7. The molecule has 2 N–H and O–H groups in total. The molecule has 2 atom stereocenters. The van der Waals surface area contributed by atoms with Crippen LogP contribution in [0, 0.1) is 0 Å². The smallest absolute Gasteiger partial charge is 0.387 e. The molecule has 1 aromatic carbocycles. The van der Waals surface area contributed by atoms with Crippen molar-refractivity contribution in [3.05, 3.63) is 35.4 Å². The van der Waals surface area contributed by atoms with Crippen LogP contribution in [-0.2, 0) is 15.7 Å². The second-order valence-corrected chi connectivity index (χ2v) is 5.64. The summed E-state index contributed by atoms with van der Waals surface area (Å²) in [6.45, 7) is 4.28. The Labute approximate surface area is 138 Å². The third-order valence-corrected chi connectivity index (χ3v) is 3.96. The molecule has 0 aromatic heterocycles. The van der Waals surface area contributed by atoms with Gasteiger partial charge in [-0.3, -0.25) is 9.69 Å². The van der Waals surface area contributed by atoms with Gasteiger partial charge in [0.1, 0.15) is 6.10 Å². The fourth-order valence-corrected chi connectivity index (χ4v) is 2.50. The van der Waals surface area contributed by atoms with Crippen molar-refractivity contribution in [2.75, 3.05) is 32.8 Å². The number of amides is 1. The highest BCUT2D eigenvalue weighted by atomic mass is 19.4. The highest BCUT2D eigenvalue weighted by Gasteiger charge is 2.31. The monoisotopic (exact) mass is 346 g/mol. The molecule has 1 fully saturated rings. The highest BCUT2D eigenvalue weighted by Crippen LogP contribution is 2.30. The molecule has 1 aliphatic heterocycles. The number of aliphatic hydroxyl groups excluding tert-OH is 1. The van der Waals surface area contributed by atoms with E-state index in [1.165, 1.54) is 12.1 Å². The van der Waals surface area contributed by atoms with Crippen molar-refractivity contribution in [3.63, 3.8) is 0 Å². The lowest BCUT2D eigenvalue weighted by molar-refractivity contribution is -0.139. The van der Waals surface area contributed by atoms with Crippen LogP contribution in [0.15, 0.2) is 24.3 Å². The maximum absolute atomic E-state index is 12.7. The Morgan fingerprint density at radius 3 is 2.92 bits per heavy atom. The van der Waals surface area contributed by atoms with Gasteiger partial charge in [-0.1, -0.05) is 19.1 Å². The first-order valence-electron chi connectivity index (χ1n) is 7.78. The van der Waals surface area contributed by atoms with Gasteiger partial charge in [-0.2, -0.15) is 13.2 Å². The Bertz CT molecular complexity index is 566. The van der Waals surface area contributed by atoms with Gasteiger partial charge in [-0.15, -0.1) is 0 Å². The van der Waals surface area contributed by atoms with Crippen LogP contribution < -0.4 is 5.32 Å². The van der Waals surface area contributed by atoms with Gasteiger partial charge in [0.2, 0.25) is 0 Å². The Balaban J connectivity index is 1.91. The van der Waals surface area contributed by atoms with Gasteiger partial charge < -0.3 is 15.2 Å². The number of ether oxygens (including phenoxy) is 1. The van der Waals surface area contributed by atoms with E-state index in [1.54, 1.807) is 0 Å². The molecule has 1 aliphatic rings. The minimum absolute atomic E-state index is 0.102. The number of rotatable bonds is 5. The van der Waals surface area contributed by atoms with Crippen molar-refractivity contribution >= 4 is 5.91 Å². The first-order valence-corrected chi connectivity index (χ1v) is 7.78. The van der Waals surface area contributed by atoms with Crippen molar-refractivity contribution in [1.29, 1.82) is 0 Å². The van der Waals surface area contributed by atoms with E-state index < -0.39 is 23.9 Å². The average Bonchev–Trinajstić information content (AvgIpc) is 2.58. The van der Waals surface area contributed by atoms with Gasteiger partial charge in [0.15, 0.2) is 0 Å². The molecule has 5 nitrogen and oxygen atoms in total. The molecule has 0 aliphatic carbocycles. The molecule has 8 heteroatoms. The van der Waals surface area contributed by atoms with Crippen LogP contribution in [0.1, 0.15) is 24.2 Å². The molecular formula is C16H21F3N2O3. The van der Waals surface area contributed by atoms with Crippen molar-refractivity contribution in [2.45, 2.75) is 25.3 Å². The standard InChI is InChI=1S/C16H21F3N2O3/c1-2-21-6-7-24-14(10-21)15(23)20-9-13(22)11-4-3-5-12(8-11)16(17,18)19/h3-5,8,13-14,22H,2,6-7,9-10H2,1H3,(H,20,23)/t13-,14+/m0/s1. The number of benzene rings is 1. The predicted octanol–water partition coefficient (Wildman–Crippen LogP) is 1.58. The number of nitrogens with one attached hydrogen (secondary N) is 1. The Hall–Kier alpha value is -1.64. The van der Waals surface area contributed by atoms with Crippen LogP contribution in [0.25, 0.3) is 0 Å². The molecule has 134 valence electrons. The van der Waals surface area contributed by atoms with Gasteiger partial charge in [0.05, 0.1) is 18.3 Å². The topological polar surface area (TPSA) is 61.8 Å². The maximum Gasteiger partial charge on any atom is 0.416 e. The fraction of sp³-hybridized carbons (Fsp3) is 0.562. The molecule has 0 radical (unpaired) electrons. The lowest BCUT2D eigenvalue weighted by Gasteiger charge is -2.31. The van der Waals surface area contributed by atoms with E-state index in [1.807, 2.05) is 6.92 Å². The lowest BCUT2D eigenvalue weighted by atomic mass is 10.1. The number of carbonyl (C=O) groups is 1. The van der Waals surface area contributed by atoms with Crippen molar-refractivity contribution in [1.82, 2.24) is 10.2 Å². The molecule has 1 amide bonds. The zero-order valence-electron chi connectivity index (χ0n) is 13.3. The SMILES string of the molecule is CCN1CCO[C@@H](C(=O)NC[C@H](O)c2cccc(C(F)(F)F)c2)C1. The molecule has 0 saturated carbocycles. The molecule has 1 saturated heterocycles. The first kappa shape index (κ1) is 18.7. The number of aliphatic hydroxyl groups is 1. The Kier molecular flexibility index (Phi) is 6.20. The summed E-state index contributed by atoms with van der Waals surface area (Å²) in [5, 5.41) is 12.6. The van der Waals surface area contributed by atoms with Crippen LogP contribution in [0.3, 0.4) is 0 Å². The molecule has 0 unspecified atom stereocenters. The number of carbonyl (C=O) groups excluding carboxylic acids is 1. The number of morpholine rings is 1. The molecule has 24 heavy (non-hydrogen) atoms. The number of alkyl halides is 3. The zero-order chi connectivity index (χ0) is 17.7. The summed E-state index contributed by atoms with van der Waals surface area (Å²) >= 11 is 0. The molecular weight excluding hydrogens is 325 g/mol. The second-order valence-electron chi connectivity index (χ2n) is 5.64. The second kappa shape index (κ2) is 7.96. The van der Waals surface area contributed by atoms with Gasteiger partial charge in [0.25, 0.3) is 5.91 Å². The van der Waals surface area contributed by atoms with Gasteiger partial charge in [-0.05, 0) is 24.2 Å². The number of halogens is 3. The summed E-state index contributed by atoms with van der Waals surface area (Å²) in [5.41, 5.74) is -0.732. The van der Waals surface area contributed by atoms with Crippen LogP contribution in [-0.4, -0.2) is 54.8 Å². The van der Waals surface area contributed by atoms with E-state index in [0.717, 1.165) is 25.2 Å². The first-order chi connectivity index (χ1) is 11.3. The minimum Gasteiger partial charge on any atom is -0.387 e. The summed E-state index contributed by atoms with van der Waals surface area (Å²) in [4.78, 5) is 14.1. The van der Waals surface area contributed by atoms with E-state index in [-0.39, 0.29) is 18.0 Å². The van der Waals surface area contributed by atoms with Gasteiger partial charge >= 0.3 is 6.18 Å². The molecule has 0 bridgehead atoms. The summed E-state index contributed by atoms with van der Waals surface area (Å²) in [6, 6.07) is 4.44. The van der Waals surface area contributed by atoms with Gasteiger partial charge in [0, 0.05) is 19.6 Å². The predicted molar refractivity (Wildman–Crippen MR) is 81.3 cm³/mol. The van der Waals surface area contributed by atoms with E-state index in [0.29, 0.717) is 13.2 Å². The highest BCUT2D eigenvalue weighted by molar-refractivity contribution is 5.81. The minimum atomic E-state index is -4.47. The van der Waals surface area contributed by atoms with Crippen LogP contribution in [0.4, 0.5) is 13.2 Å². The third-order valence-electron chi connectivity index (χ3n) is 3.96. The normalized spacial score (nSPS) is 20.6. The third kappa shape index (κ3) is 4.93. The van der Waals surface area contributed by atoms with E-state index in [4.69, 9.17) is 4.74 Å². The largest absolute Gasteiger partial charge is 0.416 e. The van der Waals surface area contributed by atoms with E-state index in [9.17, 15) is 23.1 Å². The molecule has 1 heterocycles. The Morgan fingerprint density at radius 1 is 1.50 bits per heavy atom. The van der Waals surface area contributed by atoms with E-state index >= 15 is 0 Å². The fourth-order valence-electron chi connectivity index (χ4n) is 2.50. The summed E-state index contributed by atoms with van der Waals surface area (Å²) < 4.78 is 43.4. The van der Waals surface area contributed by atoms with Crippen LogP contribution in [0.5, 0.6) is 0 Å². The van der Waals surface area contributed by atoms with E-state index in [2.05, 4.69) is 10.2 Å². The molecule has 1 aromatic rings. The average molecular weight is 346 g/mol. The number of likely N-dealkylation sites (N-methyl/N-ethyl adjacent to an activating group) is 1. The van der Waals surface area contributed by atoms with Crippen LogP contribution in [0.2, 0.25) is 0 Å². The number of hydrogen-bond acceptors (Lipinski definition) is 4. The summed E-state index contributed by atoms with van der Waals surface area (Å²) in [6.07, 6.45) is -6.33. The van der Waals surface area contributed by atoms with Crippen molar-refractivity contribution in [2.24, 2.45) is 0 Å². The van der Waals surface area contributed by atoms with Crippen LogP contribution >= 0.6 is 0 Å².